The summed E-state index contributed by atoms with van der Waals surface area (Å²) in [5.74, 6) is 1.22. The lowest BCUT2D eigenvalue weighted by molar-refractivity contribution is 0.104. The molecule has 2 aromatic carbocycles. The van der Waals surface area contributed by atoms with E-state index in [1.165, 1.54) is 5.56 Å². The predicted octanol–water partition coefficient (Wildman–Crippen LogP) is 4.90. The number of ether oxygens (including phenoxy) is 2. The summed E-state index contributed by atoms with van der Waals surface area (Å²) in [5, 5.41) is 0. The summed E-state index contributed by atoms with van der Waals surface area (Å²) >= 11 is 0. The molecule has 0 saturated carbocycles. The van der Waals surface area contributed by atoms with E-state index < -0.39 is 0 Å². The highest BCUT2D eigenvalue weighted by Gasteiger charge is 2.14. The molecule has 0 N–H and O–H groups in total. The summed E-state index contributed by atoms with van der Waals surface area (Å²) in [4.78, 5) is 12.4. The van der Waals surface area contributed by atoms with Crippen molar-refractivity contribution in [3.63, 3.8) is 0 Å². The molecule has 0 unspecified atom stereocenters. The van der Waals surface area contributed by atoms with Gasteiger partial charge in [-0.2, -0.15) is 0 Å². The molecule has 0 saturated heterocycles. The van der Waals surface area contributed by atoms with Crippen molar-refractivity contribution in [1.29, 1.82) is 0 Å². The quantitative estimate of drug-likeness (QED) is 0.580. The number of benzene rings is 2. The van der Waals surface area contributed by atoms with Gasteiger partial charge >= 0.3 is 0 Å². The van der Waals surface area contributed by atoms with Crippen LogP contribution in [0.4, 0.5) is 0 Å². The Balaban J connectivity index is 2.22. The van der Waals surface area contributed by atoms with Gasteiger partial charge in [0.15, 0.2) is 17.3 Å². The highest BCUT2D eigenvalue weighted by Crippen LogP contribution is 2.31. The first kappa shape index (κ1) is 17.8. The molecule has 0 bridgehead atoms. The molecule has 3 nitrogen and oxygen atoms in total. The van der Waals surface area contributed by atoms with E-state index in [1.54, 1.807) is 26.4 Å². The number of carbonyl (C=O) groups is 1. The van der Waals surface area contributed by atoms with Gasteiger partial charge in [0.1, 0.15) is 0 Å². The van der Waals surface area contributed by atoms with Crippen LogP contribution in [0.5, 0.6) is 11.5 Å². The first-order valence-electron chi connectivity index (χ1n) is 7.90. The third kappa shape index (κ3) is 4.05. The molecule has 0 aromatic heterocycles. The SMILES string of the molecule is COc1cccc(/C=C/C(=O)c2ccc(C(C)(C)C)cc2)c1OC. The van der Waals surface area contributed by atoms with Crippen molar-refractivity contribution in [3.8, 4) is 11.5 Å². The predicted molar refractivity (Wildman–Crippen MR) is 98.1 cm³/mol. The molecule has 126 valence electrons. The lowest BCUT2D eigenvalue weighted by Gasteiger charge is -2.18. The van der Waals surface area contributed by atoms with Crippen LogP contribution >= 0.6 is 0 Å². The summed E-state index contributed by atoms with van der Waals surface area (Å²) in [6.07, 6.45) is 3.31. The van der Waals surface area contributed by atoms with Crippen molar-refractivity contribution >= 4 is 11.9 Å². The molecular weight excluding hydrogens is 300 g/mol. The Labute approximate surface area is 143 Å². The van der Waals surface area contributed by atoms with Crippen LogP contribution in [0.1, 0.15) is 42.3 Å². The van der Waals surface area contributed by atoms with Crippen LogP contribution in [0.3, 0.4) is 0 Å². The number of hydrogen-bond acceptors (Lipinski definition) is 3. The van der Waals surface area contributed by atoms with Crippen LogP contribution in [-0.2, 0) is 5.41 Å². The maximum Gasteiger partial charge on any atom is 0.185 e. The summed E-state index contributed by atoms with van der Waals surface area (Å²) in [5.41, 5.74) is 2.75. The Morgan fingerprint density at radius 3 is 2.17 bits per heavy atom. The minimum Gasteiger partial charge on any atom is -0.493 e. The molecular formula is C21H24O3. The number of rotatable bonds is 5. The van der Waals surface area contributed by atoms with Gasteiger partial charge in [-0.1, -0.05) is 57.2 Å². The van der Waals surface area contributed by atoms with Crippen LogP contribution in [0.2, 0.25) is 0 Å². The number of allylic oxidation sites excluding steroid dienone is 1. The van der Waals surface area contributed by atoms with Crippen LogP contribution in [0.15, 0.2) is 48.5 Å². The van der Waals surface area contributed by atoms with Crippen molar-refractivity contribution in [3.05, 3.63) is 65.2 Å². The first-order valence-corrected chi connectivity index (χ1v) is 7.90. The van der Waals surface area contributed by atoms with Crippen LogP contribution < -0.4 is 9.47 Å². The van der Waals surface area contributed by atoms with Gasteiger partial charge in [-0.3, -0.25) is 4.79 Å². The second kappa shape index (κ2) is 7.35. The van der Waals surface area contributed by atoms with E-state index in [0.29, 0.717) is 17.1 Å². The third-order valence-electron chi connectivity index (χ3n) is 3.88. The monoisotopic (exact) mass is 324 g/mol. The largest absolute Gasteiger partial charge is 0.493 e. The fourth-order valence-corrected chi connectivity index (χ4v) is 2.44. The molecule has 2 aromatic rings. The Morgan fingerprint density at radius 1 is 0.958 bits per heavy atom. The Kier molecular flexibility index (Phi) is 5.45. The van der Waals surface area contributed by atoms with E-state index in [-0.39, 0.29) is 11.2 Å². The van der Waals surface area contributed by atoms with Crippen molar-refractivity contribution in [2.45, 2.75) is 26.2 Å². The molecule has 0 radical (unpaired) electrons. The first-order chi connectivity index (χ1) is 11.4. The summed E-state index contributed by atoms with van der Waals surface area (Å²) in [7, 11) is 3.18. The van der Waals surface area contributed by atoms with E-state index in [0.717, 1.165) is 5.56 Å². The van der Waals surface area contributed by atoms with Crippen molar-refractivity contribution < 1.29 is 14.3 Å². The highest BCUT2D eigenvalue weighted by atomic mass is 16.5. The van der Waals surface area contributed by atoms with Gasteiger partial charge in [-0.05, 0) is 29.2 Å². The molecule has 0 fully saturated rings. The summed E-state index contributed by atoms with van der Waals surface area (Å²) in [6.45, 7) is 6.45. The fraction of sp³-hybridized carbons (Fsp3) is 0.286. The molecule has 24 heavy (non-hydrogen) atoms. The van der Waals surface area contributed by atoms with E-state index in [9.17, 15) is 4.79 Å². The second-order valence-electron chi connectivity index (χ2n) is 6.61. The van der Waals surface area contributed by atoms with Gasteiger partial charge in [-0.15, -0.1) is 0 Å². The third-order valence-corrected chi connectivity index (χ3v) is 3.88. The van der Waals surface area contributed by atoms with Crippen molar-refractivity contribution in [2.24, 2.45) is 0 Å². The maximum atomic E-state index is 12.4. The Hall–Kier alpha value is -2.55. The molecule has 0 aliphatic carbocycles. The van der Waals surface area contributed by atoms with Crippen LogP contribution in [0.25, 0.3) is 6.08 Å². The second-order valence-corrected chi connectivity index (χ2v) is 6.61. The van der Waals surface area contributed by atoms with Gasteiger partial charge in [0.25, 0.3) is 0 Å². The van der Waals surface area contributed by atoms with E-state index in [4.69, 9.17) is 9.47 Å². The van der Waals surface area contributed by atoms with Gasteiger partial charge in [0.05, 0.1) is 14.2 Å². The Morgan fingerprint density at radius 2 is 1.62 bits per heavy atom. The topological polar surface area (TPSA) is 35.5 Å². The van der Waals surface area contributed by atoms with Gasteiger partial charge in [0, 0.05) is 11.1 Å². The average molecular weight is 324 g/mol. The fourth-order valence-electron chi connectivity index (χ4n) is 2.44. The lowest BCUT2D eigenvalue weighted by Crippen LogP contribution is -2.11. The van der Waals surface area contributed by atoms with Gasteiger partial charge < -0.3 is 9.47 Å². The maximum absolute atomic E-state index is 12.4. The lowest BCUT2D eigenvalue weighted by atomic mass is 9.86. The number of para-hydroxylation sites is 1. The Bertz CT molecular complexity index is 735. The average Bonchev–Trinajstić information content (AvgIpc) is 2.58. The van der Waals surface area contributed by atoms with E-state index >= 15 is 0 Å². The minimum atomic E-state index is -0.0414. The smallest absolute Gasteiger partial charge is 0.185 e. The number of methoxy groups -OCH3 is 2. The van der Waals surface area contributed by atoms with E-state index in [2.05, 4.69) is 20.8 Å². The van der Waals surface area contributed by atoms with Gasteiger partial charge in [-0.25, -0.2) is 0 Å². The summed E-state index contributed by atoms with van der Waals surface area (Å²) < 4.78 is 10.6. The molecule has 0 spiro atoms. The molecule has 0 amide bonds. The zero-order valence-corrected chi connectivity index (χ0v) is 14.9. The zero-order valence-electron chi connectivity index (χ0n) is 14.9. The number of carbonyl (C=O) groups excluding carboxylic acids is 1. The molecule has 0 atom stereocenters. The minimum absolute atomic E-state index is 0.0414. The van der Waals surface area contributed by atoms with Gasteiger partial charge in [0.2, 0.25) is 0 Å². The highest BCUT2D eigenvalue weighted by molar-refractivity contribution is 6.07. The number of hydrogen-bond donors (Lipinski definition) is 0. The number of ketones is 1. The van der Waals surface area contributed by atoms with Crippen LogP contribution in [-0.4, -0.2) is 20.0 Å². The zero-order chi connectivity index (χ0) is 17.7. The molecule has 2 rings (SSSR count). The van der Waals surface area contributed by atoms with E-state index in [1.807, 2.05) is 42.5 Å². The molecule has 0 aliphatic heterocycles. The molecule has 3 heteroatoms. The van der Waals surface area contributed by atoms with Crippen LogP contribution in [0, 0.1) is 0 Å². The molecule has 0 heterocycles. The van der Waals surface area contributed by atoms with Crippen molar-refractivity contribution in [1.82, 2.24) is 0 Å². The molecule has 0 aliphatic rings. The normalized spacial score (nSPS) is 11.5. The van der Waals surface area contributed by atoms with Crippen molar-refractivity contribution in [2.75, 3.05) is 14.2 Å². The standard InChI is InChI=1S/C21H24O3/c1-21(2,3)17-12-9-15(10-13-17)18(22)14-11-16-7-6-8-19(23-4)20(16)24-5/h6-14H,1-5H3/b14-11+. The summed E-state index contributed by atoms with van der Waals surface area (Å²) in [6, 6.07) is 13.3.